The maximum absolute atomic E-state index is 12.8. The Morgan fingerprint density at radius 3 is 2.56 bits per heavy atom. The molecule has 4 N–H and O–H groups in total. The fourth-order valence-corrected chi connectivity index (χ4v) is 3.30. The minimum Gasteiger partial charge on any atom is -0.505 e. The van der Waals surface area contributed by atoms with Crippen LogP contribution >= 0.6 is 11.6 Å². The number of hydrogen-bond acceptors (Lipinski definition) is 5. The van der Waals surface area contributed by atoms with E-state index in [-0.39, 0.29) is 25.1 Å². The first-order chi connectivity index (χ1) is 15.3. The van der Waals surface area contributed by atoms with Crippen LogP contribution in [0.3, 0.4) is 0 Å². The van der Waals surface area contributed by atoms with Gasteiger partial charge >= 0.3 is 12.0 Å². The molecule has 1 atom stereocenters. The van der Waals surface area contributed by atoms with Crippen molar-refractivity contribution >= 4 is 29.3 Å². The van der Waals surface area contributed by atoms with E-state index in [0.717, 1.165) is 0 Å². The highest BCUT2D eigenvalue weighted by Crippen LogP contribution is 2.20. The summed E-state index contributed by atoms with van der Waals surface area (Å²) in [6, 6.07) is 11.9. The van der Waals surface area contributed by atoms with E-state index in [2.05, 4.69) is 15.6 Å². The number of halogens is 1. The van der Waals surface area contributed by atoms with Gasteiger partial charge in [-0.05, 0) is 29.8 Å². The first kappa shape index (κ1) is 22.8. The van der Waals surface area contributed by atoms with Crippen LogP contribution in [0, 0.1) is 0 Å². The number of nitrogens with zero attached hydrogens (tertiary/aromatic N) is 2. The van der Waals surface area contributed by atoms with Crippen molar-refractivity contribution in [3.05, 3.63) is 87.6 Å². The normalized spacial score (nSPS) is 11.5. The van der Waals surface area contributed by atoms with Gasteiger partial charge in [-0.15, -0.1) is 0 Å². The number of nitrogens with one attached hydrogen (secondary N) is 2. The SMILES string of the molecule is O=C(O)C[C@@H](Cc1ccccn1)NC(=O)Nc1c(O)ccn(Cc2ccccc2Cl)c1=O. The molecule has 1 aromatic carbocycles. The van der Waals surface area contributed by atoms with Crippen molar-refractivity contribution in [1.82, 2.24) is 14.9 Å². The zero-order valence-electron chi connectivity index (χ0n) is 16.9. The van der Waals surface area contributed by atoms with Crippen molar-refractivity contribution in [2.24, 2.45) is 0 Å². The second kappa shape index (κ2) is 10.5. The van der Waals surface area contributed by atoms with Crippen molar-refractivity contribution in [2.75, 3.05) is 5.32 Å². The van der Waals surface area contributed by atoms with Crippen molar-refractivity contribution in [3.8, 4) is 5.75 Å². The summed E-state index contributed by atoms with van der Waals surface area (Å²) in [6.07, 6.45) is 2.79. The Morgan fingerprint density at radius 1 is 1.12 bits per heavy atom. The molecule has 2 aromatic heterocycles. The quantitative estimate of drug-likeness (QED) is 0.412. The molecule has 166 valence electrons. The van der Waals surface area contributed by atoms with Crippen molar-refractivity contribution < 1.29 is 19.8 Å². The Hall–Kier alpha value is -3.85. The molecule has 10 heteroatoms. The van der Waals surface area contributed by atoms with Crippen molar-refractivity contribution in [2.45, 2.75) is 25.4 Å². The van der Waals surface area contributed by atoms with Gasteiger partial charge in [0.15, 0.2) is 5.69 Å². The highest BCUT2D eigenvalue weighted by atomic mass is 35.5. The summed E-state index contributed by atoms with van der Waals surface area (Å²) in [5, 5.41) is 24.6. The molecule has 0 aliphatic heterocycles. The van der Waals surface area contributed by atoms with Crippen LogP contribution in [0.1, 0.15) is 17.7 Å². The number of aromatic nitrogens is 2. The van der Waals surface area contributed by atoms with E-state index in [1.54, 1.807) is 48.7 Å². The topological polar surface area (TPSA) is 134 Å². The smallest absolute Gasteiger partial charge is 0.319 e. The third kappa shape index (κ3) is 6.08. The van der Waals surface area contributed by atoms with Crippen LogP contribution in [-0.2, 0) is 17.8 Å². The Balaban J connectivity index is 1.76. The number of anilines is 1. The number of rotatable bonds is 8. The van der Waals surface area contributed by atoms with Crippen LogP contribution in [0.4, 0.5) is 10.5 Å². The van der Waals surface area contributed by atoms with Gasteiger partial charge in [0.2, 0.25) is 0 Å². The average molecular weight is 457 g/mol. The number of benzene rings is 1. The molecule has 0 radical (unpaired) electrons. The lowest BCUT2D eigenvalue weighted by Crippen LogP contribution is -2.42. The van der Waals surface area contributed by atoms with E-state index in [1.807, 2.05) is 0 Å². The molecule has 3 aromatic rings. The number of carbonyl (C=O) groups is 2. The molecule has 0 aliphatic rings. The maximum atomic E-state index is 12.8. The minimum absolute atomic E-state index is 0.135. The van der Waals surface area contributed by atoms with Gasteiger partial charge in [0.05, 0.1) is 13.0 Å². The summed E-state index contributed by atoms with van der Waals surface area (Å²) in [6.45, 7) is 0.135. The molecule has 0 fully saturated rings. The van der Waals surface area contributed by atoms with Gasteiger partial charge in [0.1, 0.15) is 5.75 Å². The van der Waals surface area contributed by atoms with Crippen LogP contribution in [0.5, 0.6) is 5.75 Å². The molecule has 0 saturated carbocycles. The number of carboxylic acids is 1. The summed E-state index contributed by atoms with van der Waals surface area (Å²) in [5.74, 6) is -1.52. The predicted molar refractivity (Wildman–Crippen MR) is 119 cm³/mol. The second-order valence-electron chi connectivity index (χ2n) is 7.02. The molecule has 0 aliphatic carbocycles. The highest BCUT2D eigenvalue weighted by Gasteiger charge is 2.19. The van der Waals surface area contributed by atoms with E-state index < -0.39 is 29.4 Å². The van der Waals surface area contributed by atoms with Crippen molar-refractivity contribution in [3.63, 3.8) is 0 Å². The Bertz CT molecular complexity index is 1170. The van der Waals surface area contributed by atoms with Gasteiger partial charge in [-0.25, -0.2) is 4.79 Å². The van der Waals surface area contributed by atoms with Crippen LogP contribution in [0.25, 0.3) is 0 Å². The molecule has 2 heterocycles. The zero-order chi connectivity index (χ0) is 23.1. The lowest BCUT2D eigenvalue weighted by molar-refractivity contribution is -0.137. The summed E-state index contributed by atoms with van der Waals surface area (Å²) in [7, 11) is 0. The zero-order valence-corrected chi connectivity index (χ0v) is 17.6. The molecule has 9 nitrogen and oxygen atoms in total. The lowest BCUT2D eigenvalue weighted by atomic mass is 10.1. The Morgan fingerprint density at radius 2 is 1.88 bits per heavy atom. The molecular formula is C22H21ClN4O5. The molecule has 0 saturated heterocycles. The number of amides is 2. The number of carboxylic acid groups (broad SMARTS) is 1. The van der Waals surface area contributed by atoms with E-state index in [9.17, 15) is 19.5 Å². The number of aliphatic carboxylic acids is 1. The van der Waals surface area contributed by atoms with Gasteiger partial charge in [-0.2, -0.15) is 0 Å². The van der Waals surface area contributed by atoms with Crippen LogP contribution in [0.15, 0.2) is 65.7 Å². The number of pyridine rings is 2. The van der Waals surface area contributed by atoms with Crippen LogP contribution in [0.2, 0.25) is 5.02 Å². The predicted octanol–water partition coefficient (Wildman–Crippen LogP) is 2.86. The summed E-state index contributed by atoms with van der Waals surface area (Å²) in [4.78, 5) is 40.6. The van der Waals surface area contributed by atoms with E-state index in [4.69, 9.17) is 16.7 Å². The van der Waals surface area contributed by atoms with E-state index in [1.165, 1.54) is 16.8 Å². The fourth-order valence-electron chi connectivity index (χ4n) is 3.11. The molecule has 32 heavy (non-hydrogen) atoms. The van der Waals surface area contributed by atoms with Crippen LogP contribution in [-0.4, -0.2) is 37.8 Å². The van der Waals surface area contributed by atoms with Gasteiger partial charge in [0, 0.05) is 35.6 Å². The number of hydrogen-bond donors (Lipinski definition) is 4. The first-order valence-corrected chi connectivity index (χ1v) is 10.1. The molecule has 2 amide bonds. The average Bonchev–Trinajstić information content (AvgIpc) is 2.75. The fraction of sp³-hybridized carbons (Fsp3) is 0.182. The Labute approximate surface area is 188 Å². The third-order valence-corrected chi connectivity index (χ3v) is 4.99. The Kier molecular flexibility index (Phi) is 7.45. The maximum Gasteiger partial charge on any atom is 0.319 e. The molecule has 0 unspecified atom stereocenters. The van der Waals surface area contributed by atoms with Gasteiger partial charge in [-0.1, -0.05) is 35.9 Å². The monoisotopic (exact) mass is 456 g/mol. The van der Waals surface area contributed by atoms with Crippen molar-refractivity contribution in [1.29, 1.82) is 0 Å². The highest BCUT2D eigenvalue weighted by molar-refractivity contribution is 6.31. The third-order valence-electron chi connectivity index (χ3n) is 4.62. The summed E-state index contributed by atoms with van der Waals surface area (Å²) < 4.78 is 1.29. The lowest BCUT2D eigenvalue weighted by Gasteiger charge is -2.18. The standard InChI is InChI=1S/C22H21ClN4O5/c23-17-7-2-1-5-14(17)13-27-10-8-18(28)20(21(27)31)26-22(32)25-16(12-19(29)30)11-15-6-3-4-9-24-15/h1-10,16,28H,11-13H2,(H,29,30)(H2,25,26,32)/t16-/m1/s1. The van der Waals surface area contributed by atoms with Gasteiger partial charge in [-0.3, -0.25) is 14.6 Å². The van der Waals surface area contributed by atoms with Gasteiger partial charge < -0.3 is 25.4 Å². The molecule has 0 bridgehead atoms. The van der Waals surface area contributed by atoms with Gasteiger partial charge in [0.25, 0.3) is 5.56 Å². The molecule has 0 spiro atoms. The van der Waals surface area contributed by atoms with E-state index >= 15 is 0 Å². The molecule has 3 rings (SSSR count). The number of carbonyl (C=O) groups excluding carboxylic acids is 1. The number of aromatic hydroxyl groups is 1. The molecular weight excluding hydrogens is 436 g/mol. The largest absolute Gasteiger partial charge is 0.505 e. The second-order valence-corrected chi connectivity index (χ2v) is 7.43. The summed E-state index contributed by atoms with van der Waals surface area (Å²) >= 11 is 6.15. The summed E-state index contributed by atoms with van der Waals surface area (Å²) in [5.41, 5.74) is 0.321. The number of urea groups is 1. The first-order valence-electron chi connectivity index (χ1n) is 9.68. The van der Waals surface area contributed by atoms with Crippen LogP contribution < -0.4 is 16.2 Å². The van der Waals surface area contributed by atoms with E-state index in [0.29, 0.717) is 16.3 Å². The minimum atomic E-state index is -1.10.